The van der Waals surface area contributed by atoms with Crippen molar-refractivity contribution in [2.45, 2.75) is 17.7 Å². The zero-order valence-electron chi connectivity index (χ0n) is 17.4. The molecule has 0 unspecified atom stereocenters. The Hall–Kier alpha value is -4.24. The number of hydrogen-bond acceptors (Lipinski definition) is 9. The molecule has 3 rings (SSSR count). The number of nitrogens with one attached hydrogen (secondary N) is 1. The minimum Gasteiger partial charge on any atom is -0.411 e. The van der Waals surface area contributed by atoms with Crippen LogP contribution in [0.5, 0.6) is 0 Å². The second-order valence-electron chi connectivity index (χ2n) is 7.01. The Kier molecular flexibility index (Phi) is 7.04. The molecule has 170 valence electrons. The molecule has 0 atom stereocenters. The molecule has 2 aromatic carbocycles. The lowest BCUT2D eigenvalue weighted by atomic mass is 9.95. The Balaban J connectivity index is 2.06. The maximum absolute atomic E-state index is 11.8. The van der Waals surface area contributed by atoms with Gasteiger partial charge in [0.25, 0.3) is 5.09 Å². The number of benzene rings is 2. The summed E-state index contributed by atoms with van der Waals surface area (Å²) in [5.74, 6) is 0. The number of H-pyrrole nitrogens is 1. The van der Waals surface area contributed by atoms with E-state index in [1.807, 2.05) is 6.07 Å². The van der Waals surface area contributed by atoms with Crippen LogP contribution in [0.2, 0.25) is 0 Å². The molecule has 0 fully saturated rings. The van der Waals surface area contributed by atoms with E-state index in [-0.39, 0.29) is 30.1 Å². The maximum atomic E-state index is 11.8. The van der Waals surface area contributed by atoms with Crippen LogP contribution in [-0.4, -0.2) is 47.5 Å². The number of hydrogen-bond donors (Lipinski definition) is 2. The average molecular weight is 469 g/mol. The van der Waals surface area contributed by atoms with Crippen molar-refractivity contribution >= 4 is 15.5 Å². The van der Waals surface area contributed by atoms with E-state index in [2.05, 4.69) is 20.2 Å². The SMILES string of the molecule is CS(=O)(=O)c1ccc(-c2[nH]nc(C(CCCO[N+](=O)[O-])=NO)c2-c2ccc(C#N)cc2)cc1. The highest BCUT2D eigenvalue weighted by Crippen LogP contribution is 2.34. The van der Waals surface area contributed by atoms with E-state index in [4.69, 9.17) is 5.26 Å². The first-order valence-corrected chi connectivity index (χ1v) is 11.5. The number of sulfone groups is 1. The molecule has 1 aromatic heterocycles. The average Bonchev–Trinajstić information content (AvgIpc) is 3.23. The Morgan fingerprint density at radius 2 is 1.85 bits per heavy atom. The second kappa shape index (κ2) is 9.92. The number of nitriles is 1. The number of rotatable bonds is 9. The van der Waals surface area contributed by atoms with E-state index in [1.165, 1.54) is 12.1 Å². The highest BCUT2D eigenvalue weighted by Gasteiger charge is 2.21. The lowest BCUT2D eigenvalue weighted by Gasteiger charge is -2.09. The highest BCUT2D eigenvalue weighted by atomic mass is 32.2. The number of oxime groups is 1. The van der Waals surface area contributed by atoms with E-state index in [0.29, 0.717) is 33.6 Å². The summed E-state index contributed by atoms with van der Waals surface area (Å²) in [5.41, 5.74) is 3.35. The van der Waals surface area contributed by atoms with Gasteiger partial charge in [0, 0.05) is 17.4 Å². The van der Waals surface area contributed by atoms with Crippen LogP contribution in [0, 0.1) is 21.4 Å². The van der Waals surface area contributed by atoms with Crippen LogP contribution in [-0.2, 0) is 14.7 Å². The molecule has 3 aromatic rings. The van der Waals surface area contributed by atoms with Crippen molar-refractivity contribution in [1.82, 2.24) is 10.2 Å². The van der Waals surface area contributed by atoms with Crippen molar-refractivity contribution in [2.75, 3.05) is 12.9 Å². The van der Waals surface area contributed by atoms with Crippen molar-refractivity contribution in [3.63, 3.8) is 0 Å². The van der Waals surface area contributed by atoms with Crippen LogP contribution in [0.25, 0.3) is 22.4 Å². The van der Waals surface area contributed by atoms with Crippen molar-refractivity contribution in [3.05, 3.63) is 69.9 Å². The Morgan fingerprint density at radius 3 is 2.39 bits per heavy atom. The smallest absolute Gasteiger partial charge is 0.294 e. The summed E-state index contributed by atoms with van der Waals surface area (Å²) in [7, 11) is -3.37. The predicted molar refractivity (Wildman–Crippen MR) is 118 cm³/mol. The van der Waals surface area contributed by atoms with E-state index in [1.54, 1.807) is 36.4 Å². The lowest BCUT2D eigenvalue weighted by molar-refractivity contribution is -0.757. The second-order valence-corrected chi connectivity index (χ2v) is 9.03. The summed E-state index contributed by atoms with van der Waals surface area (Å²) < 4.78 is 23.6. The van der Waals surface area contributed by atoms with Crippen molar-refractivity contribution in [3.8, 4) is 28.5 Å². The normalized spacial score (nSPS) is 11.7. The van der Waals surface area contributed by atoms with E-state index in [9.17, 15) is 23.7 Å². The van der Waals surface area contributed by atoms with Gasteiger partial charge in [-0.05, 0) is 42.7 Å². The van der Waals surface area contributed by atoms with E-state index >= 15 is 0 Å². The van der Waals surface area contributed by atoms with Gasteiger partial charge in [0.2, 0.25) is 0 Å². The molecule has 0 aliphatic heterocycles. The minimum atomic E-state index is -3.37. The van der Waals surface area contributed by atoms with E-state index < -0.39 is 14.9 Å². The zero-order valence-corrected chi connectivity index (χ0v) is 18.2. The molecule has 0 aliphatic carbocycles. The molecule has 0 saturated carbocycles. The third-order valence-corrected chi connectivity index (χ3v) is 5.92. The van der Waals surface area contributed by atoms with Gasteiger partial charge in [0.1, 0.15) is 11.4 Å². The van der Waals surface area contributed by atoms with Gasteiger partial charge in [-0.2, -0.15) is 10.4 Å². The molecule has 33 heavy (non-hydrogen) atoms. The molecule has 0 bridgehead atoms. The molecule has 2 N–H and O–H groups in total. The lowest BCUT2D eigenvalue weighted by Crippen LogP contribution is -2.08. The van der Waals surface area contributed by atoms with Crippen LogP contribution in [0.1, 0.15) is 24.1 Å². The molecule has 11 nitrogen and oxygen atoms in total. The fourth-order valence-corrected chi connectivity index (χ4v) is 3.85. The van der Waals surface area contributed by atoms with Gasteiger partial charge in [-0.25, -0.2) is 8.42 Å². The molecular formula is C21H19N5O6S. The van der Waals surface area contributed by atoms with Gasteiger partial charge in [-0.15, -0.1) is 10.1 Å². The Labute approximate surface area is 189 Å². The summed E-state index contributed by atoms with van der Waals surface area (Å²) in [4.78, 5) is 14.8. The fraction of sp³-hybridized carbons (Fsp3) is 0.190. The van der Waals surface area contributed by atoms with Gasteiger partial charge in [0.15, 0.2) is 9.84 Å². The highest BCUT2D eigenvalue weighted by molar-refractivity contribution is 7.90. The molecule has 0 spiro atoms. The largest absolute Gasteiger partial charge is 0.411 e. The van der Waals surface area contributed by atoms with Crippen molar-refractivity contribution in [1.29, 1.82) is 5.26 Å². The summed E-state index contributed by atoms with van der Waals surface area (Å²) in [6.07, 6.45) is 1.47. The van der Waals surface area contributed by atoms with Gasteiger partial charge in [0.05, 0.1) is 28.8 Å². The molecule has 0 aliphatic rings. The standard InChI is InChI=1S/C21H19N5O6S/c1-33(30,31)17-10-8-16(9-11-17)20-19(15-6-4-14(13-22)5-7-15)21(24-23-20)18(25-27)3-2-12-32-26(28)29/h4-11,27H,2-3,12H2,1H3,(H,23,24). The number of nitrogens with zero attached hydrogens (tertiary/aromatic N) is 4. The summed E-state index contributed by atoms with van der Waals surface area (Å²) in [6, 6.07) is 14.9. The van der Waals surface area contributed by atoms with Gasteiger partial charge in [-0.1, -0.05) is 29.4 Å². The monoisotopic (exact) mass is 469 g/mol. The molecule has 12 heteroatoms. The molecule has 0 amide bonds. The van der Waals surface area contributed by atoms with Crippen molar-refractivity contribution in [2.24, 2.45) is 5.16 Å². The number of aromatic nitrogens is 2. The van der Waals surface area contributed by atoms with Crippen LogP contribution in [0.3, 0.4) is 0 Å². The van der Waals surface area contributed by atoms with Crippen LogP contribution in [0.4, 0.5) is 0 Å². The maximum Gasteiger partial charge on any atom is 0.294 e. The fourth-order valence-electron chi connectivity index (χ4n) is 3.22. The van der Waals surface area contributed by atoms with Gasteiger partial charge in [-0.3, -0.25) is 5.10 Å². The first kappa shape index (κ1) is 23.4. The van der Waals surface area contributed by atoms with Gasteiger partial charge >= 0.3 is 0 Å². The molecular weight excluding hydrogens is 450 g/mol. The van der Waals surface area contributed by atoms with Crippen molar-refractivity contribution < 1.29 is 23.5 Å². The van der Waals surface area contributed by atoms with Crippen LogP contribution in [0.15, 0.2) is 58.6 Å². The Bertz CT molecular complexity index is 1320. The van der Waals surface area contributed by atoms with E-state index in [0.717, 1.165) is 6.26 Å². The van der Waals surface area contributed by atoms with Crippen LogP contribution >= 0.6 is 0 Å². The summed E-state index contributed by atoms with van der Waals surface area (Å²) in [6.45, 7) is -0.178. The van der Waals surface area contributed by atoms with Crippen LogP contribution < -0.4 is 0 Å². The first-order chi connectivity index (χ1) is 15.7. The summed E-state index contributed by atoms with van der Waals surface area (Å²) in [5, 5.41) is 38.7. The van der Waals surface area contributed by atoms with Gasteiger partial charge < -0.3 is 10.0 Å². The molecule has 1 heterocycles. The third kappa shape index (κ3) is 5.52. The molecule has 0 saturated heterocycles. The quantitative estimate of drug-likeness (QED) is 0.158. The number of aromatic amines is 1. The minimum absolute atomic E-state index is 0.144. The molecule has 0 radical (unpaired) electrons. The third-order valence-electron chi connectivity index (χ3n) is 4.79. The first-order valence-electron chi connectivity index (χ1n) is 9.62. The Morgan fingerprint density at radius 1 is 1.21 bits per heavy atom. The predicted octanol–water partition coefficient (Wildman–Crippen LogP) is 3.19. The summed E-state index contributed by atoms with van der Waals surface area (Å²) >= 11 is 0. The topological polar surface area (TPSA) is 172 Å². The zero-order chi connectivity index (χ0) is 24.0.